The molecule has 1 N–H and O–H groups in total. The molecule has 0 spiro atoms. The second-order valence-electron chi connectivity index (χ2n) is 4.87. The maximum Gasteiger partial charge on any atom is 0.322 e. The number of para-hydroxylation sites is 1. The lowest BCUT2D eigenvalue weighted by atomic mass is 10.2. The molecule has 0 unspecified atom stereocenters. The smallest absolute Gasteiger partial charge is 0.322 e. The van der Waals surface area contributed by atoms with E-state index in [2.05, 4.69) is 12.2 Å². The second kappa shape index (κ2) is 7.26. The summed E-state index contributed by atoms with van der Waals surface area (Å²) in [6, 6.07) is 7.61. The number of rotatable bonds is 4. The fraction of sp³-hybridized carbons (Fsp3) is 0.533. The summed E-state index contributed by atoms with van der Waals surface area (Å²) < 4.78 is 10.7. The van der Waals surface area contributed by atoms with E-state index in [1.165, 1.54) is 0 Å². The zero-order valence-electron chi connectivity index (χ0n) is 12.1. The van der Waals surface area contributed by atoms with Crippen LogP contribution < -0.4 is 5.32 Å². The number of urea groups is 1. The molecule has 1 aliphatic heterocycles. The Morgan fingerprint density at radius 3 is 3.05 bits per heavy atom. The van der Waals surface area contributed by atoms with E-state index in [1.54, 1.807) is 12.0 Å². The van der Waals surface area contributed by atoms with Crippen LogP contribution in [0.25, 0.3) is 0 Å². The number of amides is 2. The van der Waals surface area contributed by atoms with Crippen molar-refractivity contribution < 1.29 is 14.3 Å². The molecule has 0 aliphatic carbocycles. The largest absolute Gasteiger partial charge is 0.380 e. The summed E-state index contributed by atoms with van der Waals surface area (Å²) in [5.74, 6) is 0. The van der Waals surface area contributed by atoms with Crippen LogP contribution in [0, 0.1) is 0 Å². The first-order valence-electron chi connectivity index (χ1n) is 6.99. The number of carbonyl (C=O) groups is 1. The molecule has 1 atom stereocenters. The van der Waals surface area contributed by atoms with Crippen LogP contribution in [0.4, 0.5) is 10.5 Å². The lowest BCUT2D eigenvalue weighted by Gasteiger charge is -2.32. The van der Waals surface area contributed by atoms with Gasteiger partial charge in [0.1, 0.15) is 0 Å². The molecule has 5 heteroatoms. The number of methoxy groups -OCH3 is 1. The molecular weight excluding hydrogens is 256 g/mol. The summed E-state index contributed by atoms with van der Waals surface area (Å²) in [4.78, 5) is 14.1. The number of nitrogens with zero attached hydrogens (tertiary/aromatic N) is 1. The van der Waals surface area contributed by atoms with Gasteiger partial charge in [-0.05, 0) is 12.5 Å². The molecule has 2 amide bonds. The maximum absolute atomic E-state index is 12.3. The predicted octanol–water partition coefficient (Wildman–Crippen LogP) is 2.48. The van der Waals surface area contributed by atoms with Crippen LogP contribution in [-0.4, -0.2) is 43.8 Å². The van der Waals surface area contributed by atoms with Gasteiger partial charge in [-0.15, -0.1) is 0 Å². The quantitative estimate of drug-likeness (QED) is 0.920. The Kier molecular flexibility index (Phi) is 5.38. The third-order valence-corrected chi connectivity index (χ3v) is 3.44. The van der Waals surface area contributed by atoms with Crippen LogP contribution in [0.15, 0.2) is 24.3 Å². The summed E-state index contributed by atoms with van der Waals surface area (Å²) in [5, 5.41) is 2.96. The van der Waals surface area contributed by atoms with E-state index in [0.29, 0.717) is 26.3 Å². The monoisotopic (exact) mass is 278 g/mol. The Morgan fingerprint density at radius 1 is 1.50 bits per heavy atom. The summed E-state index contributed by atoms with van der Waals surface area (Å²) in [5.41, 5.74) is 1.78. The highest BCUT2D eigenvalue weighted by Gasteiger charge is 2.23. The van der Waals surface area contributed by atoms with Gasteiger partial charge in [0, 0.05) is 31.5 Å². The van der Waals surface area contributed by atoms with Crippen molar-refractivity contribution >= 4 is 11.7 Å². The second-order valence-corrected chi connectivity index (χ2v) is 4.87. The van der Waals surface area contributed by atoms with Crippen molar-refractivity contribution in [2.45, 2.75) is 26.1 Å². The van der Waals surface area contributed by atoms with Gasteiger partial charge in [0.05, 0.1) is 19.3 Å². The van der Waals surface area contributed by atoms with E-state index in [0.717, 1.165) is 17.7 Å². The average Bonchev–Trinajstić information content (AvgIpc) is 2.49. The fourth-order valence-corrected chi connectivity index (χ4v) is 2.27. The Hall–Kier alpha value is -1.59. The number of benzene rings is 1. The van der Waals surface area contributed by atoms with E-state index in [4.69, 9.17) is 9.47 Å². The highest BCUT2D eigenvalue weighted by atomic mass is 16.5. The highest BCUT2D eigenvalue weighted by molar-refractivity contribution is 5.90. The molecule has 5 nitrogen and oxygen atoms in total. The number of anilines is 1. The van der Waals surface area contributed by atoms with Gasteiger partial charge in [0.15, 0.2) is 0 Å². The molecular formula is C15H22N2O3. The van der Waals surface area contributed by atoms with Gasteiger partial charge in [-0.25, -0.2) is 4.79 Å². The van der Waals surface area contributed by atoms with Crippen LogP contribution in [0.2, 0.25) is 0 Å². The van der Waals surface area contributed by atoms with Crippen molar-refractivity contribution in [2.24, 2.45) is 0 Å². The Labute approximate surface area is 119 Å². The van der Waals surface area contributed by atoms with E-state index < -0.39 is 0 Å². The van der Waals surface area contributed by atoms with Crippen molar-refractivity contribution in [3.8, 4) is 0 Å². The minimum Gasteiger partial charge on any atom is -0.380 e. The van der Waals surface area contributed by atoms with Crippen LogP contribution in [-0.2, 0) is 16.1 Å². The molecule has 0 aromatic heterocycles. The van der Waals surface area contributed by atoms with Crippen molar-refractivity contribution in [3.63, 3.8) is 0 Å². The van der Waals surface area contributed by atoms with Crippen LogP contribution in [0.3, 0.4) is 0 Å². The van der Waals surface area contributed by atoms with Crippen LogP contribution in [0.5, 0.6) is 0 Å². The van der Waals surface area contributed by atoms with Crippen molar-refractivity contribution in [1.29, 1.82) is 0 Å². The van der Waals surface area contributed by atoms with E-state index in [-0.39, 0.29) is 12.1 Å². The minimum atomic E-state index is -0.0738. The van der Waals surface area contributed by atoms with Gasteiger partial charge in [0.2, 0.25) is 0 Å². The van der Waals surface area contributed by atoms with Crippen molar-refractivity contribution in [3.05, 3.63) is 29.8 Å². The zero-order chi connectivity index (χ0) is 14.4. The Morgan fingerprint density at radius 2 is 2.30 bits per heavy atom. The molecule has 0 saturated carbocycles. The summed E-state index contributed by atoms with van der Waals surface area (Å²) >= 11 is 0. The first-order chi connectivity index (χ1) is 9.74. The van der Waals surface area contributed by atoms with Crippen molar-refractivity contribution in [2.75, 3.05) is 32.1 Å². The molecule has 1 aromatic carbocycles. The van der Waals surface area contributed by atoms with E-state index in [9.17, 15) is 4.79 Å². The van der Waals surface area contributed by atoms with Gasteiger partial charge < -0.3 is 19.7 Å². The lowest BCUT2D eigenvalue weighted by molar-refractivity contribution is -0.0134. The molecule has 2 rings (SSSR count). The number of carbonyl (C=O) groups excluding carboxylic acids is 1. The topological polar surface area (TPSA) is 50.8 Å². The summed E-state index contributed by atoms with van der Waals surface area (Å²) in [7, 11) is 1.65. The Bertz CT molecular complexity index is 450. The van der Waals surface area contributed by atoms with Crippen LogP contribution >= 0.6 is 0 Å². The van der Waals surface area contributed by atoms with Gasteiger partial charge in [-0.3, -0.25) is 0 Å². The molecule has 110 valence electrons. The molecule has 1 aromatic rings. The molecule has 0 radical (unpaired) electrons. The normalized spacial score (nSPS) is 18.9. The van der Waals surface area contributed by atoms with Crippen LogP contribution in [0.1, 0.15) is 18.9 Å². The third kappa shape index (κ3) is 3.71. The zero-order valence-corrected chi connectivity index (χ0v) is 12.1. The summed E-state index contributed by atoms with van der Waals surface area (Å²) in [6.07, 6.45) is 1.06. The van der Waals surface area contributed by atoms with Gasteiger partial charge in [-0.1, -0.05) is 25.1 Å². The first kappa shape index (κ1) is 14.8. The predicted molar refractivity (Wildman–Crippen MR) is 77.8 cm³/mol. The van der Waals surface area contributed by atoms with Gasteiger partial charge >= 0.3 is 6.03 Å². The number of morpholine rings is 1. The van der Waals surface area contributed by atoms with E-state index >= 15 is 0 Å². The maximum atomic E-state index is 12.3. The van der Waals surface area contributed by atoms with Crippen molar-refractivity contribution in [1.82, 2.24) is 4.90 Å². The molecule has 20 heavy (non-hydrogen) atoms. The standard InChI is InChI=1S/C15H22N2O3/c1-3-13-10-17(8-9-20-13)15(18)16-14-7-5-4-6-12(14)11-19-2/h4-7,13H,3,8-11H2,1-2H3,(H,16,18)/t13-/m1/s1. The molecule has 0 bridgehead atoms. The molecule has 1 saturated heterocycles. The average molecular weight is 278 g/mol. The Balaban J connectivity index is 2.00. The highest BCUT2D eigenvalue weighted by Crippen LogP contribution is 2.17. The molecule has 1 fully saturated rings. The SMILES string of the molecule is CC[C@@H]1CN(C(=O)Nc2ccccc2COC)CCO1. The molecule has 1 heterocycles. The number of nitrogens with one attached hydrogen (secondary N) is 1. The van der Waals surface area contributed by atoms with Gasteiger partial charge in [-0.2, -0.15) is 0 Å². The molecule has 1 aliphatic rings. The first-order valence-corrected chi connectivity index (χ1v) is 6.99. The number of hydrogen-bond donors (Lipinski definition) is 1. The van der Waals surface area contributed by atoms with E-state index in [1.807, 2.05) is 24.3 Å². The fourth-order valence-electron chi connectivity index (χ4n) is 2.27. The van der Waals surface area contributed by atoms with Gasteiger partial charge in [0.25, 0.3) is 0 Å². The third-order valence-electron chi connectivity index (χ3n) is 3.44. The number of hydrogen-bond acceptors (Lipinski definition) is 3. The minimum absolute atomic E-state index is 0.0738. The number of ether oxygens (including phenoxy) is 2. The lowest BCUT2D eigenvalue weighted by Crippen LogP contribution is -2.47. The summed E-state index contributed by atoms with van der Waals surface area (Å²) in [6.45, 7) is 4.44.